The molecule has 2 aromatic carbocycles. The van der Waals surface area contributed by atoms with E-state index in [0.717, 1.165) is 5.56 Å². The lowest BCUT2D eigenvalue weighted by Gasteiger charge is -2.06. The highest BCUT2D eigenvalue weighted by Gasteiger charge is 2.02. The normalized spacial score (nSPS) is 10.3. The highest BCUT2D eigenvalue weighted by Crippen LogP contribution is 2.26. The van der Waals surface area contributed by atoms with E-state index < -0.39 is 5.82 Å². The second-order valence-corrected chi connectivity index (χ2v) is 3.93. The minimum Gasteiger partial charge on any atom is -0.457 e. The zero-order valence-electron chi connectivity index (χ0n) is 8.99. The number of nitrogens with two attached hydrogens (primary N) is 1. The zero-order chi connectivity index (χ0) is 12.3. The molecule has 0 radical (unpaired) electrons. The third kappa shape index (κ3) is 2.96. The van der Waals surface area contributed by atoms with Crippen molar-refractivity contribution >= 4 is 11.6 Å². The molecule has 2 rings (SSSR count). The summed E-state index contributed by atoms with van der Waals surface area (Å²) >= 11 is 5.66. The van der Waals surface area contributed by atoms with Gasteiger partial charge < -0.3 is 10.5 Å². The number of halogens is 2. The van der Waals surface area contributed by atoms with Gasteiger partial charge in [-0.25, -0.2) is 4.39 Å². The molecule has 2 nitrogen and oxygen atoms in total. The van der Waals surface area contributed by atoms with Crippen LogP contribution in [0.5, 0.6) is 11.5 Å². The van der Waals surface area contributed by atoms with Gasteiger partial charge in [0.2, 0.25) is 0 Å². The summed E-state index contributed by atoms with van der Waals surface area (Å²) in [5.74, 6) is 0.694. The first-order valence-corrected chi connectivity index (χ1v) is 5.49. The summed E-state index contributed by atoms with van der Waals surface area (Å²) < 4.78 is 18.5. The van der Waals surface area contributed by atoms with E-state index in [1.165, 1.54) is 18.2 Å². The third-order valence-corrected chi connectivity index (χ3v) is 2.58. The van der Waals surface area contributed by atoms with Crippen molar-refractivity contribution in [1.29, 1.82) is 0 Å². The summed E-state index contributed by atoms with van der Waals surface area (Å²) in [5.41, 5.74) is 6.51. The van der Waals surface area contributed by atoms with E-state index >= 15 is 0 Å². The minimum absolute atomic E-state index is 0.0427. The van der Waals surface area contributed by atoms with E-state index in [9.17, 15) is 4.39 Å². The van der Waals surface area contributed by atoms with E-state index in [1.54, 1.807) is 12.1 Å². The Bertz CT molecular complexity index is 513. The molecule has 17 heavy (non-hydrogen) atoms. The van der Waals surface area contributed by atoms with E-state index in [4.69, 9.17) is 22.1 Å². The van der Waals surface area contributed by atoms with Crippen molar-refractivity contribution in [2.24, 2.45) is 5.73 Å². The Morgan fingerprint density at radius 3 is 2.29 bits per heavy atom. The van der Waals surface area contributed by atoms with E-state index in [2.05, 4.69) is 0 Å². The van der Waals surface area contributed by atoms with Crippen LogP contribution >= 0.6 is 11.6 Å². The van der Waals surface area contributed by atoms with E-state index in [-0.39, 0.29) is 5.02 Å². The number of hydrogen-bond donors (Lipinski definition) is 1. The molecule has 0 aromatic heterocycles. The summed E-state index contributed by atoms with van der Waals surface area (Å²) in [6.45, 7) is 0.489. The fourth-order valence-corrected chi connectivity index (χ4v) is 1.54. The molecule has 0 aliphatic carbocycles. The van der Waals surface area contributed by atoms with Gasteiger partial charge in [0.1, 0.15) is 17.3 Å². The Hall–Kier alpha value is -1.58. The molecule has 0 atom stereocenters. The van der Waals surface area contributed by atoms with Gasteiger partial charge in [0.05, 0.1) is 5.02 Å². The molecule has 0 aliphatic rings. The third-order valence-electron chi connectivity index (χ3n) is 2.29. The molecule has 0 saturated carbocycles. The highest BCUT2D eigenvalue weighted by molar-refractivity contribution is 6.30. The van der Waals surface area contributed by atoms with Crippen molar-refractivity contribution < 1.29 is 9.13 Å². The van der Waals surface area contributed by atoms with Gasteiger partial charge in [0, 0.05) is 12.6 Å². The molecule has 0 amide bonds. The first kappa shape index (κ1) is 11.9. The number of rotatable bonds is 3. The van der Waals surface area contributed by atoms with Gasteiger partial charge in [-0.1, -0.05) is 23.7 Å². The van der Waals surface area contributed by atoms with Crippen LogP contribution in [0.1, 0.15) is 5.56 Å². The predicted molar refractivity (Wildman–Crippen MR) is 65.8 cm³/mol. The highest BCUT2D eigenvalue weighted by atomic mass is 35.5. The lowest BCUT2D eigenvalue weighted by molar-refractivity contribution is 0.480. The first-order chi connectivity index (χ1) is 8.19. The average Bonchev–Trinajstić information content (AvgIpc) is 2.35. The Balaban J connectivity index is 2.16. The van der Waals surface area contributed by atoms with Gasteiger partial charge in [0.25, 0.3) is 0 Å². The standard InChI is InChI=1S/C13H11ClFNO/c14-12-7-11(5-6-13(12)15)17-10-3-1-9(8-16)2-4-10/h1-7H,8,16H2. The predicted octanol–water partition coefficient (Wildman–Crippen LogP) is 3.73. The van der Waals surface area contributed by atoms with Gasteiger partial charge in [0.15, 0.2) is 0 Å². The Kier molecular flexibility index (Phi) is 3.61. The number of hydrogen-bond acceptors (Lipinski definition) is 2. The number of benzene rings is 2. The lowest BCUT2D eigenvalue weighted by Crippen LogP contribution is -1.95. The van der Waals surface area contributed by atoms with Crippen LogP contribution < -0.4 is 10.5 Å². The average molecular weight is 252 g/mol. The molecule has 0 fully saturated rings. The number of ether oxygens (including phenoxy) is 1. The maximum Gasteiger partial charge on any atom is 0.142 e. The largest absolute Gasteiger partial charge is 0.457 e. The van der Waals surface area contributed by atoms with Crippen LogP contribution in [0.25, 0.3) is 0 Å². The Morgan fingerprint density at radius 1 is 1.06 bits per heavy atom. The maximum absolute atomic E-state index is 12.9. The van der Waals surface area contributed by atoms with Gasteiger partial charge in [-0.05, 0) is 29.8 Å². The van der Waals surface area contributed by atoms with Crippen molar-refractivity contribution in [3.05, 3.63) is 58.9 Å². The van der Waals surface area contributed by atoms with Crippen LogP contribution in [-0.2, 0) is 6.54 Å². The molecule has 0 aliphatic heterocycles. The Labute approximate surface area is 104 Å². The summed E-state index contributed by atoms with van der Waals surface area (Å²) in [6.07, 6.45) is 0. The van der Waals surface area contributed by atoms with Crippen LogP contribution in [0.2, 0.25) is 5.02 Å². The zero-order valence-corrected chi connectivity index (χ0v) is 9.75. The van der Waals surface area contributed by atoms with Crippen molar-refractivity contribution in [3.63, 3.8) is 0 Å². The van der Waals surface area contributed by atoms with Crippen molar-refractivity contribution in [1.82, 2.24) is 0 Å². The maximum atomic E-state index is 12.9. The molecule has 4 heteroatoms. The van der Waals surface area contributed by atoms with Gasteiger partial charge in [-0.15, -0.1) is 0 Å². The van der Waals surface area contributed by atoms with E-state index in [1.807, 2.05) is 12.1 Å². The molecule has 0 saturated heterocycles. The fraction of sp³-hybridized carbons (Fsp3) is 0.0769. The summed E-state index contributed by atoms with van der Waals surface area (Å²) in [7, 11) is 0. The monoisotopic (exact) mass is 251 g/mol. The van der Waals surface area contributed by atoms with Crippen LogP contribution in [-0.4, -0.2) is 0 Å². The van der Waals surface area contributed by atoms with Crippen molar-refractivity contribution in [2.75, 3.05) is 0 Å². The quantitative estimate of drug-likeness (QED) is 0.902. The molecule has 88 valence electrons. The molecule has 0 heterocycles. The second-order valence-electron chi connectivity index (χ2n) is 3.53. The Morgan fingerprint density at radius 2 is 1.71 bits per heavy atom. The van der Waals surface area contributed by atoms with Gasteiger partial charge in [-0.3, -0.25) is 0 Å². The summed E-state index contributed by atoms with van der Waals surface area (Å²) in [4.78, 5) is 0. The molecule has 2 aromatic rings. The topological polar surface area (TPSA) is 35.2 Å². The van der Waals surface area contributed by atoms with E-state index in [0.29, 0.717) is 18.0 Å². The fourth-order valence-electron chi connectivity index (χ4n) is 1.37. The molecule has 2 N–H and O–H groups in total. The minimum atomic E-state index is -0.461. The summed E-state index contributed by atoms with van der Waals surface area (Å²) in [5, 5.41) is 0.0427. The van der Waals surface area contributed by atoms with Gasteiger partial charge >= 0.3 is 0 Å². The SMILES string of the molecule is NCc1ccc(Oc2ccc(F)c(Cl)c2)cc1. The molecule has 0 spiro atoms. The van der Waals surface area contributed by atoms with Crippen LogP contribution in [0.15, 0.2) is 42.5 Å². The van der Waals surface area contributed by atoms with Crippen LogP contribution in [0.3, 0.4) is 0 Å². The van der Waals surface area contributed by atoms with Crippen molar-refractivity contribution in [2.45, 2.75) is 6.54 Å². The molecule has 0 unspecified atom stereocenters. The lowest BCUT2D eigenvalue weighted by atomic mass is 10.2. The van der Waals surface area contributed by atoms with Crippen LogP contribution in [0.4, 0.5) is 4.39 Å². The smallest absolute Gasteiger partial charge is 0.142 e. The van der Waals surface area contributed by atoms with Crippen molar-refractivity contribution in [3.8, 4) is 11.5 Å². The molecule has 0 bridgehead atoms. The molecular formula is C13H11ClFNO. The van der Waals surface area contributed by atoms with Gasteiger partial charge in [-0.2, -0.15) is 0 Å². The van der Waals surface area contributed by atoms with Crippen LogP contribution in [0, 0.1) is 5.82 Å². The second kappa shape index (κ2) is 5.17. The molecular weight excluding hydrogens is 241 g/mol. The summed E-state index contributed by atoms with van der Waals surface area (Å²) in [6, 6.07) is 11.6. The first-order valence-electron chi connectivity index (χ1n) is 5.11.